The van der Waals surface area contributed by atoms with Gasteiger partial charge in [0.1, 0.15) is 0 Å². The van der Waals surface area contributed by atoms with E-state index < -0.39 is 0 Å². The van der Waals surface area contributed by atoms with Crippen molar-refractivity contribution in [1.29, 1.82) is 0 Å². The average molecular weight is 328 g/mol. The van der Waals surface area contributed by atoms with E-state index in [1.807, 2.05) is 36.4 Å². The van der Waals surface area contributed by atoms with E-state index >= 15 is 0 Å². The van der Waals surface area contributed by atoms with Crippen molar-refractivity contribution in [3.8, 4) is 11.1 Å². The maximum Gasteiger partial charge on any atom is 0.0598 e. The van der Waals surface area contributed by atoms with E-state index in [4.69, 9.17) is 28.9 Å². The second kappa shape index (κ2) is 6.43. The molecule has 0 heterocycles. The molecule has 0 amide bonds. The summed E-state index contributed by atoms with van der Waals surface area (Å²) in [5, 5.41) is 1.08. The molecule has 0 unspecified atom stereocenters. The number of rotatable bonds is 3. The first-order valence-corrected chi connectivity index (χ1v) is 7.77. The summed E-state index contributed by atoms with van der Waals surface area (Å²) >= 11 is 12.1. The molecule has 22 heavy (non-hydrogen) atoms. The maximum absolute atomic E-state index is 6.13. The molecule has 0 aliphatic carbocycles. The van der Waals surface area contributed by atoms with E-state index in [0.717, 1.165) is 23.2 Å². The van der Waals surface area contributed by atoms with Crippen LogP contribution in [-0.4, -0.2) is 0 Å². The molecule has 3 heteroatoms. The van der Waals surface area contributed by atoms with E-state index in [9.17, 15) is 0 Å². The first kappa shape index (κ1) is 15.0. The van der Waals surface area contributed by atoms with Crippen molar-refractivity contribution >= 4 is 28.9 Å². The molecular formula is C19H15Cl2N. The standard InChI is InChI=1S/C19H15Cl2N/c20-17-8-7-15(12-18(17)21)16-11-14(6-9-19(16)22)10-13-4-2-1-3-5-13/h1-9,11-12H,10,22H2. The van der Waals surface area contributed by atoms with E-state index in [-0.39, 0.29) is 0 Å². The van der Waals surface area contributed by atoms with Crippen LogP contribution in [0.1, 0.15) is 11.1 Å². The van der Waals surface area contributed by atoms with Crippen LogP contribution < -0.4 is 5.73 Å². The molecular weight excluding hydrogens is 313 g/mol. The zero-order chi connectivity index (χ0) is 15.5. The van der Waals surface area contributed by atoms with Crippen LogP contribution in [0.25, 0.3) is 11.1 Å². The van der Waals surface area contributed by atoms with E-state index in [0.29, 0.717) is 10.0 Å². The van der Waals surface area contributed by atoms with Gasteiger partial charge >= 0.3 is 0 Å². The molecule has 0 aromatic heterocycles. The number of hydrogen-bond acceptors (Lipinski definition) is 1. The Morgan fingerprint density at radius 1 is 0.727 bits per heavy atom. The first-order valence-electron chi connectivity index (χ1n) is 7.01. The Morgan fingerprint density at radius 3 is 2.23 bits per heavy atom. The summed E-state index contributed by atoms with van der Waals surface area (Å²) in [4.78, 5) is 0. The number of nitrogen functional groups attached to an aromatic ring is 1. The minimum atomic E-state index is 0.534. The molecule has 3 rings (SSSR count). The quantitative estimate of drug-likeness (QED) is 0.601. The van der Waals surface area contributed by atoms with Crippen LogP contribution in [0.3, 0.4) is 0 Å². The number of benzene rings is 3. The van der Waals surface area contributed by atoms with E-state index in [1.165, 1.54) is 11.1 Å². The van der Waals surface area contributed by atoms with Crippen molar-refractivity contribution in [3.05, 3.63) is 87.9 Å². The Bertz CT molecular complexity index is 798. The van der Waals surface area contributed by atoms with E-state index in [1.54, 1.807) is 6.07 Å². The molecule has 0 atom stereocenters. The lowest BCUT2D eigenvalue weighted by Gasteiger charge is -2.10. The molecule has 0 fully saturated rings. The maximum atomic E-state index is 6.13. The van der Waals surface area contributed by atoms with Gasteiger partial charge < -0.3 is 5.73 Å². The number of halogens is 2. The fraction of sp³-hybridized carbons (Fsp3) is 0.0526. The Morgan fingerprint density at radius 2 is 1.50 bits per heavy atom. The van der Waals surface area contributed by atoms with Crippen LogP contribution in [0.2, 0.25) is 10.0 Å². The molecule has 0 saturated carbocycles. The Hall–Kier alpha value is -1.96. The minimum Gasteiger partial charge on any atom is -0.398 e. The number of anilines is 1. The highest BCUT2D eigenvalue weighted by molar-refractivity contribution is 6.42. The van der Waals surface area contributed by atoms with Gasteiger partial charge in [-0.15, -0.1) is 0 Å². The molecule has 0 bridgehead atoms. The topological polar surface area (TPSA) is 26.0 Å². The molecule has 0 spiro atoms. The molecule has 1 nitrogen and oxygen atoms in total. The van der Waals surface area contributed by atoms with Crippen LogP contribution in [0, 0.1) is 0 Å². The largest absolute Gasteiger partial charge is 0.398 e. The highest BCUT2D eigenvalue weighted by Gasteiger charge is 2.07. The summed E-state index contributed by atoms with van der Waals surface area (Å²) < 4.78 is 0. The summed E-state index contributed by atoms with van der Waals surface area (Å²) in [5.74, 6) is 0. The number of nitrogens with two attached hydrogens (primary N) is 1. The van der Waals surface area contributed by atoms with Crippen molar-refractivity contribution in [2.75, 3.05) is 5.73 Å². The molecule has 0 saturated heterocycles. The van der Waals surface area contributed by atoms with Crippen LogP contribution in [0.15, 0.2) is 66.7 Å². The van der Waals surface area contributed by atoms with Gasteiger partial charge in [-0.2, -0.15) is 0 Å². The summed E-state index contributed by atoms with van der Waals surface area (Å²) in [7, 11) is 0. The molecule has 3 aromatic carbocycles. The predicted octanol–water partition coefficient (Wildman–Crippen LogP) is 5.83. The third-order valence-corrected chi connectivity index (χ3v) is 4.34. The van der Waals surface area contributed by atoms with Gasteiger partial charge in [-0.1, -0.05) is 65.7 Å². The van der Waals surface area contributed by atoms with Crippen LogP contribution in [0.5, 0.6) is 0 Å². The van der Waals surface area contributed by atoms with Crippen molar-refractivity contribution in [2.24, 2.45) is 0 Å². The number of hydrogen-bond donors (Lipinski definition) is 1. The zero-order valence-corrected chi connectivity index (χ0v) is 13.4. The Labute approximate surface area is 140 Å². The second-order valence-electron chi connectivity index (χ2n) is 5.21. The molecule has 0 aliphatic rings. The van der Waals surface area contributed by atoms with Gasteiger partial charge in [-0.05, 0) is 47.4 Å². The van der Waals surface area contributed by atoms with Crippen molar-refractivity contribution in [3.63, 3.8) is 0 Å². The fourth-order valence-electron chi connectivity index (χ4n) is 2.46. The van der Waals surface area contributed by atoms with Gasteiger partial charge in [0.05, 0.1) is 10.0 Å². The van der Waals surface area contributed by atoms with Gasteiger partial charge in [0.25, 0.3) is 0 Å². The molecule has 3 aromatic rings. The van der Waals surface area contributed by atoms with Crippen molar-refractivity contribution < 1.29 is 0 Å². The lowest BCUT2D eigenvalue weighted by Crippen LogP contribution is -1.94. The predicted molar refractivity (Wildman–Crippen MR) is 95.6 cm³/mol. The Balaban J connectivity index is 1.97. The monoisotopic (exact) mass is 327 g/mol. The summed E-state index contributed by atoms with van der Waals surface area (Å²) in [6.07, 6.45) is 0.870. The smallest absolute Gasteiger partial charge is 0.0598 e. The van der Waals surface area contributed by atoms with Gasteiger partial charge in [-0.25, -0.2) is 0 Å². The van der Waals surface area contributed by atoms with Crippen molar-refractivity contribution in [1.82, 2.24) is 0 Å². The lowest BCUT2D eigenvalue weighted by molar-refractivity contribution is 1.19. The summed E-state index contributed by atoms with van der Waals surface area (Å²) in [6, 6.07) is 22.1. The molecule has 2 N–H and O–H groups in total. The van der Waals surface area contributed by atoms with Crippen LogP contribution >= 0.6 is 23.2 Å². The van der Waals surface area contributed by atoms with E-state index in [2.05, 4.69) is 24.3 Å². The Kier molecular flexibility index (Phi) is 4.37. The van der Waals surface area contributed by atoms with Gasteiger partial charge in [0, 0.05) is 11.3 Å². The minimum absolute atomic E-state index is 0.534. The summed E-state index contributed by atoms with van der Waals surface area (Å²) in [6.45, 7) is 0. The van der Waals surface area contributed by atoms with Gasteiger partial charge in [0.15, 0.2) is 0 Å². The summed E-state index contributed by atoms with van der Waals surface area (Å²) in [5.41, 5.74) is 11.3. The fourth-order valence-corrected chi connectivity index (χ4v) is 2.76. The van der Waals surface area contributed by atoms with Crippen LogP contribution in [0.4, 0.5) is 5.69 Å². The van der Waals surface area contributed by atoms with Gasteiger partial charge in [-0.3, -0.25) is 0 Å². The second-order valence-corrected chi connectivity index (χ2v) is 6.03. The molecule has 110 valence electrons. The lowest BCUT2D eigenvalue weighted by atomic mass is 9.98. The molecule has 0 aliphatic heterocycles. The third-order valence-electron chi connectivity index (χ3n) is 3.60. The third kappa shape index (κ3) is 3.27. The van der Waals surface area contributed by atoms with Crippen molar-refractivity contribution in [2.45, 2.75) is 6.42 Å². The van der Waals surface area contributed by atoms with Crippen LogP contribution in [-0.2, 0) is 6.42 Å². The normalized spacial score (nSPS) is 10.6. The SMILES string of the molecule is Nc1ccc(Cc2ccccc2)cc1-c1ccc(Cl)c(Cl)c1. The highest BCUT2D eigenvalue weighted by atomic mass is 35.5. The first-order chi connectivity index (χ1) is 10.6. The molecule has 0 radical (unpaired) electrons. The average Bonchev–Trinajstić information content (AvgIpc) is 2.53. The highest BCUT2D eigenvalue weighted by Crippen LogP contribution is 2.32. The van der Waals surface area contributed by atoms with Gasteiger partial charge in [0.2, 0.25) is 0 Å². The zero-order valence-electron chi connectivity index (χ0n) is 11.9.